The third-order valence-electron chi connectivity index (χ3n) is 5.31. The molecule has 1 atom stereocenters. The first kappa shape index (κ1) is 20.5. The highest BCUT2D eigenvalue weighted by atomic mass is 16.1. The van der Waals surface area contributed by atoms with Crippen LogP contribution in [0.1, 0.15) is 45.7 Å². The number of carbonyl (C=O) groups excluding carboxylic acids is 1. The van der Waals surface area contributed by atoms with E-state index in [0.717, 1.165) is 46.0 Å². The van der Waals surface area contributed by atoms with Crippen LogP contribution in [0, 0.1) is 6.92 Å². The van der Waals surface area contributed by atoms with E-state index in [9.17, 15) is 9.59 Å². The van der Waals surface area contributed by atoms with Gasteiger partial charge in [0.15, 0.2) is 5.43 Å². The Morgan fingerprint density at radius 1 is 1.07 bits per heavy atom. The number of aldehydes is 1. The zero-order valence-corrected chi connectivity index (χ0v) is 17.5. The van der Waals surface area contributed by atoms with Crippen LogP contribution < -0.4 is 5.43 Å². The average molecular weight is 388 g/mol. The highest BCUT2D eigenvalue weighted by Crippen LogP contribution is 2.33. The first-order chi connectivity index (χ1) is 14.1. The van der Waals surface area contributed by atoms with Crippen molar-refractivity contribution < 1.29 is 6.22 Å². The lowest BCUT2D eigenvalue weighted by Crippen LogP contribution is -2.10. The van der Waals surface area contributed by atoms with Crippen LogP contribution in [0.4, 0.5) is 0 Å². The number of allylic oxidation sites excluding steroid dienone is 6. The molecule has 1 heterocycles. The summed E-state index contributed by atoms with van der Waals surface area (Å²) in [6.07, 6.45) is 10.1. The van der Waals surface area contributed by atoms with Crippen LogP contribution in [0.5, 0.6) is 0 Å². The summed E-state index contributed by atoms with van der Waals surface area (Å²) in [5.74, 6) is -0.347. The summed E-state index contributed by atoms with van der Waals surface area (Å²) in [5.41, 5.74) is 5.59. The van der Waals surface area contributed by atoms with Crippen molar-refractivity contribution in [2.75, 3.05) is 0 Å². The minimum atomic E-state index is -0.347. The lowest BCUT2D eigenvalue weighted by atomic mass is 9.84. The van der Waals surface area contributed by atoms with Crippen LogP contribution in [0.15, 0.2) is 76.6 Å². The van der Waals surface area contributed by atoms with Crippen molar-refractivity contribution in [2.45, 2.75) is 40.0 Å². The molecule has 3 heteroatoms. The van der Waals surface area contributed by atoms with E-state index in [2.05, 4.69) is 17.1 Å². The van der Waals surface area contributed by atoms with Crippen molar-refractivity contribution in [1.29, 1.82) is 0 Å². The molecule has 0 fully saturated rings. The number of hydrogen-bond donors (Lipinski definition) is 1. The van der Waals surface area contributed by atoms with Gasteiger partial charge in [0.05, 0.1) is 11.4 Å². The molecule has 0 radical (unpaired) electrons. The van der Waals surface area contributed by atoms with E-state index >= 15 is 0 Å². The smallest absolute Gasteiger partial charge is 0.197 e. The molecule has 1 aliphatic carbocycles. The lowest BCUT2D eigenvalue weighted by molar-refractivity contribution is -0.108. The van der Waals surface area contributed by atoms with Gasteiger partial charge in [-0.15, -0.1) is 0 Å². The van der Waals surface area contributed by atoms with E-state index in [-0.39, 0.29) is 12.8 Å². The Kier molecular flexibility index (Phi) is 6.28. The van der Waals surface area contributed by atoms with E-state index in [1.54, 1.807) is 0 Å². The first-order valence-corrected chi connectivity index (χ1v) is 10.1. The van der Waals surface area contributed by atoms with Crippen molar-refractivity contribution in [2.24, 2.45) is 0 Å². The van der Waals surface area contributed by atoms with Gasteiger partial charge in [-0.1, -0.05) is 50.3 Å². The molecule has 150 valence electrons. The number of H-pyrrole nitrogens is 1. The summed E-state index contributed by atoms with van der Waals surface area (Å²) >= 11 is 0. The second-order valence-electron chi connectivity index (χ2n) is 7.04. The number of aryl methyl sites for hydroxylation is 1. The maximum atomic E-state index is 12.9. The number of aromatic nitrogens is 1. The second-order valence-corrected chi connectivity index (χ2v) is 7.04. The molecule has 1 aliphatic rings. The fraction of sp³-hybridized carbons (Fsp3) is 0.231. The number of hydrogen-bond acceptors (Lipinski definition) is 2. The van der Waals surface area contributed by atoms with Crippen LogP contribution >= 0.6 is 0 Å². The Labute approximate surface area is 172 Å². The van der Waals surface area contributed by atoms with Gasteiger partial charge in [-0.05, 0) is 66.8 Å². The predicted molar refractivity (Wildman–Crippen MR) is 125 cm³/mol. The molecule has 0 aliphatic heterocycles. The molecule has 1 unspecified atom stereocenters. The summed E-state index contributed by atoms with van der Waals surface area (Å²) in [5, 5.41) is 1.34. The number of benzene rings is 2. The molecule has 3 aromatic rings. The quantitative estimate of drug-likeness (QED) is 0.419. The van der Waals surface area contributed by atoms with Gasteiger partial charge in [0.2, 0.25) is 0 Å². The minimum absolute atomic E-state index is 0. The highest BCUT2D eigenvalue weighted by molar-refractivity contribution is 5.93. The average Bonchev–Trinajstić information content (AvgIpc) is 2.96. The zero-order valence-electron chi connectivity index (χ0n) is 17.5. The van der Waals surface area contributed by atoms with Crippen molar-refractivity contribution in [3.63, 3.8) is 0 Å². The standard InChI is InChI=1S/C24H21NO2.C2H6.H2/c1-15-8-4-3-5-9-17(15)21(14-26)19-13-23-20(12-16(19)2)24(27)18-10-6-7-11-22(18)25-23;1-2;/h3-4,6-14,21H,5H2,1-2H3,(H,25,27);1-2H3;1H. The third-order valence-corrected chi connectivity index (χ3v) is 5.31. The molecule has 1 aromatic heterocycles. The minimum Gasteiger partial charge on any atom is -0.354 e. The number of para-hydroxylation sites is 1. The fourth-order valence-electron chi connectivity index (χ4n) is 3.86. The molecular formula is C26H29NO2. The van der Waals surface area contributed by atoms with E-state index < -0.39 is 0 Å². The Morgan fingerprint density at radius 2 is 1.83 bits per heavy atom. The van der Waals surface area contributed by atoms with Crippen molar-refractivity contribution in [3.05, 3.63) is 93.2 Å². The Bertz CT molecular complexity index is 1210. The van der Waals surface area contributed by atoms with E-state index in [1.807, 2.05) is 76.2 Å². The fourth-order valence-corrected chi connectivity index (χ4v) is 3.86. The molecule has 1 N–H and O–H groups in total. The first-order valence-electron chi connectivity index (χ1n) is 10.1. The Balaban J connectivity index is 0.00000104. The summed E-state index contributed by atoms with van der Waals surface area (Å²) in [7, 11) is 0. The molecular weight excluding hydrogens is 358 g/mol. The monoisotopic (exact) mass is 387 g/mol. The molecule has 0 amide bonds. The number of pyridine rings is 1. The van der Waals surface area contributed by atoms with Gasteiger partial charge < -0.3 is 9.78 Å². The molecule has 29 heavy (non-hydrogen) atoms. The Hall–Kier alpha value is -3.20. The van der Waals surface area contributed by atoms with Crippen molar-refractivity contribution in [3.8, 4) is 0 Å². The number of fused-ring (bicyclic) bond motifs is 2. The number of rotatable bonds is 3. The summed E-state index contributed by atoms with van der Waals surface area (Å²) < 4.78 is 0. The maximum Gasteiger partial charge on any atom is 0.197 e. The largest absolute Gasteiger partial charge is 0.354 e. The van der Waals surface area contributed by atoms with Crippen molar-refractivity contribution >= 4 is 28.1 Å². The molecule has 0 saturated heterocycles. The number of nitrogens with one attached hydrogen (secondary N) is 1. The topological polar surface area (TPSA) is 49.9 Å². The van der Waals surface area contributed by atoms with Gasteiger partial charge in [-0.3, -0.25) is 4.79 Å². The van der Waals surface area contributed by atoms with Crippen LogP contribution in [-0.2, 0) is 4.79 Å². The van der Waals surface area contributed by atoms with Gasteiger partial charge in [-0.2, -0.15) is 0 Å². The zero-order chi connectivity index (χ0) is 21.0. The lowest BCUT2D eigenvalue weighted by Gasteiger charge is -2.19. The van der Waals surface area contributed by atoms with Gasteiger partial charge >= 0.3 is 0 Å². The molecule has 0 spiro atoms. The van der Waals surface area contributed by atoms with E-state index in [1.165, 1.54) is 0 Å². The normalized spacial score (nSPS) is 14.5. The van der Waals surface area contributed by atoms with Crippen LogP contribution in [0.3, 0.4) is 0 Å². The van der Waals surface area contributed by atoms with Gasteiger partial charge in [0.1, 0.15) is 6.29 Å². The van der Waals surface area contributed by atoms with Gasteiger partial charge in [-0.25, -0.2) is 0 Å². The van der Waals surface area contributed by atoms with Gasteiger partial charge in [0.25, 0.3) is 0 Å². The molecule has 4 rings (SSSR count). The Morgan fingerprint density at radius 3 is 2.59 bits per heavy atom. The van der Waals surface area contributed by atoms with Crippen LogP contribution in [0.25, 0.3) is 21.8 Å². The van der Waals surface area contributed by atoms with Gasteiger partial charge in [0, 0.05) is 17.7 Å². The molecule has 0 saturated carbocycles. The molecule has 2 aromatic carbocycles. The maximum absolute atomic E-state index is 12.9. The predicted octanol–water partition coefficient (Wildman–Crippen LogP) is 6.38. The van der Waals surface area contributed by atoms with E-state index in [4.69, 9.17) is 0 Å². The number of aromatic amines is 1. The number of carbonyl (C=O) groups is 1. The third kappa shape index (κ3) is 3.86. The van der Waals surface area contributed by atoms with Crippen LogP contribution in [-0.4, -0.2) is 11.3 Å². The molecule has 0 bridgehead atoms. The van der Waals surface area contributed by atoms with Crippen LogP contribution in [0.2, 0.25) is 0 Å². The molecule has 3 nitrogen and oxygen atoms in total. The highest BCUT2D eigenvalue weighted by Gasteiger charge is 2.21. The SMILES string of the molecule is CC.CC1=CC=CCC=C1C(C=O)c1cc2[nH]c3ccccc3c(=O)c2cc1C.[HH]. The second kappa shape index (κ2) is 8.87. The van der Waals surface area contributed by atoms with Crippen molar-refractivity contribution in [1.82, 2.24) is 4.98 Å². The van der Waals surface area contributed by atoms with E-state index in [0.29, 0.717) is 10.8 Å². The summed E-state index contributed by atoms with van der Waals surface area (Å²) in [4.78, 5) is 28.3. The summed E-state index contributed by atoms with van der Waals surface area (Å²) in [6, 6.07) is 11.4. The summed E-state index contributed by atoms with van der Waals surface area (Å²) in [6.45, 7) is 8.00.